The number of primary sulfonamides is 1. The van der Waals surface area contributed by atoms with Crippen LogP contribution in [0.15, 0.2) is 83.9 Å². The molecule has 3 N–H and O–H groups in total. The molecule has 0 fully saturated rings. The number of sulfonamides is 1. The largest absolute Gasteiger partial charge is 0.322 e. The highest BCUT2D eigenvalue weighted by atomic mass is 32.2. The minimum atomic E-state index is -3.76. The van der Waals surface area contributed by atoms with Gasteiger partial charge in [-0.2, -0.15) is 0 Å². The molecule has 1 heterocycles. The molecule has 4 rings (SSSR count). The van der Waals surface area contributed by atoms with E-state index >= 15 is 0 Å². The van der Waals surface area contributed by atoms with Crippen molar-refractivity contribution >= 4 is 21.6 Å². The second-order valence-corrected chi connectivity index (χ2v) is 8.55. The molecule has 4 aromatic rings. The second kappa shape index (κ2) is 8.13. The Balaban J connectivity index is 1.55. The number of carbonyl (C=O) groups excluding carboxylic acids is 1. The van der Waals surface area contributed by atoms with Crippen molar-refractivity contribution in [1.82, 2.24) is 15.0 Å². The normalized spacial score (nSPS) is 11.3. The van der Waals surface area contributed by atoms with Crippen molar-refractivity contribution in [3.05, 3.63) is 90.1 Å². The molecule has 31 heavy (non-hydrogen) atoms. The van der Waals surface area contributed by atoms with Crippen molar-refractivity contribution in [2.24, 2.45) is 5.14 Å². The van der Waals surface area contributed by atoms with Crippen LogP contribution in [0.1, 0.15) is 15.9 Å². The number of aromatic nitrogens is 3. The van der Waals surface area contributed by atoms with Crippen LogP contribution in [0.3, 0.4) is 0 Å². The van der Waals surface area contributed by atoms with Gasteiger partial charge in [-0.15, -0.1) is 5.10 Å². The number of nitrogens with two attached hydrogens (primary N) is 1. The van der Waals surface area contributed by atoms with Crippen LogP contribution in [0.4, 0.5) is 5.69 Å². The lowest BCUT2D eigenvalue weighted by molar-refractivity contribution is 0.102. The van der Waals surface area contributed by atoms with E-state index in [0.717, 1.165) is 11.1 Å². The van der Waals surface area contributed by atoms with Gasteiger partial charge in [-0.1, -0.05) is 35.0 Å². The van der Waals surface area contributed by atoms with E-state index in [2.05, 4.69) is 15.6 Å². The molecule has 1 amide bonds. The minimum absolute atomic E-state index is 0.0219. The molecule has 0 unspecified atom stereocenters. The summed E-state index contributed by atoms with van der Waals surface area (Å²) in [6.07, 6.45) is 1.72. The Morgan fingerprint density at radius 3 is 2.45 bits per heavy atom. The van der Waals surface area contributed by atoms with E-state index in [-0.39, 0.29) is 10.8 Å². The monoisotopic (exact) mass is 433 g/mol. The van der Waals surface area contributed by atoms with Crippen molar-refractivity contribution in [3.63, 3.8) is 0 Å². The summed E-state index contributed by atoms with van der Waals surface area (Å²) in [6.45, 7) is 1.93. The van der Waals surface area contributed by atoms with E-state index in [9.17, 15) is 13.2 Å². The number of aryl methyl sites for hydroxylation is 1. The summed E-state index contributed by atoms with van der Waals surface area (Å²) in [5, 5.41) is 16.3. The van der Waals surface area contributed by atoms with E-state index in [4.69, 9.17) is 5.14 Å². The van der Waals surface area contributed by atoms with Crippen LogP contribution >= 0.6 is 0 Å². The Labute approximate surface area is 179 Å². The zero-order valence-electron chi connectivity index (χ0n) is 16.6. The maximum absolute atomic E-state index is 12.5. The quantitative estimate of drug-likeness (QED) is 0.501. The molecule has 0 saturated heterocycles. The molecule has 0 radical (unpaired) electrons. The van der Waals surface area contributed by atoms with Gasteiger partial charge in [0, 0.05) is 16.8 Å². The minimum Gasteiger partial charge on any atom is -0.322 e. The zero-order chi connectivity index (χ0) is 22.0. The second-order valence-electron chi connectivity index (χ2n) is 6.99. The van der Waals surface area contributed by atoms with Crippen LogP contribution in [0.5, 0.6) is 0 Å². The van der Waals surface area contributed by atoms with Gasteiger partial charge in [-0.3, -0.25) is 4.79 Å². The van der Waals surface area contributed by atoms with Gasteiger partial charge in [0.05, 0.1) is 16.8 Å². The summed E-state index contributed by atoms with van der Waals surface area (Å²) in [5.41, 5.74) is 4.23. The van der Waals surface area contributed by atoms with Crippen LogP contribution in [0.25, 0.3) is 16.9 Å². The third kappa shape index (κ3) is 4.68. The number of anilines is 1. The number of rotatable bonds is 5. The molecular weight excluding hydrogens is 414 g/mol. The van der Waals surface area contributed by atoms with Crippen molar-refractivity contribution in [2.75, 3.05) is 5.32 Å². The summed E-state index contributed by atoms with van der Waals surface area (Å²) in [5.74, 6) is -0.195. The fourth-order valence-electron chi connectivity index (χ4n) is 3.06. The number of benzene rings is 3. The van der Waals surface area contributed by atoms with Crippen LogP contribution < -0.4 is 10.5 Å². The van der Waals surface area contributed by atoms with Crippen LogP contribution in [0.2, 0.25) is 0 Å². The van der Waals surface area contributed by atoms with Gasteiger partial charge in [-0.25, -0.2) is 18.2 Å². The maximum Gasteiger partial charge on any atom is 0.255 e. The van der Waals surface area contributed by atoms with E-state index < -0.39 is 10.0 Å². The predicted molar refractivity (Wildman–Crippen MR) is 117 cm³/mol. The lowest BCUT2D eigenvalue weighted by Crippen LogP contribution is -2.12. The van der Waals surface area contributed by atoms with Crippen molar-refractivity contribution in [1.29, 1.82) is 0 Å². The SMILES string of the molecule is Cc1cccc(C(=O)Nc2cccc(-c3cn(-c4ccc(S(N)(=O)=O)cc4)nn3)c2)c1. The fourth-order valence-corrected chi connectivity index (χ4v) is 3.57. The van der Waals surface area contributed by atoms with Gasteiger partial charge in [0.1, 0.15) is 5.69 Å². The summed E-state index contributed by atoms with van der Waals surface area (Å²) >= 11 is 0. The zero-order valence-corrected chi connectivity index (χ0v) is 17.4. The molecule has 0 atom stereocenters. The van der Waals surface area contributed by atoms with Gasteiger partial charge >= 0.3 is 0 Å². The van der Waals surface area contributed by atoms with Crippen molar-refractivity contribution in [3.8, 4) is 16.9 Å². The van der Waals surface area contributed by atoms with E-state index in [1.807, 2.05) is 43.3 Å². The van der Waals surface area contributed by atoms with Crippen molar-refractivity contribution in [2.45, 2.75) is 11.8 Å². The highest BCUT2D eigenvalue weighted by Crippen LogP contribution is 2.22. The molecule has 9 heteroatoms. The Hall–Kier alpha value is -3.82. The number of hydrogen-bond acceptors (Lipinski definition) is 5. The number of hydrogen-bond donors (Lipinski definition) is 2. The average Bonchev–Trinajstić information content (AvgIpc) is 3.24. The van der Waals surface area contributed by atoms with Gasteiger partial charge in [-0.05, 0) is 55.5 Å². The highest BCUT2D eigenvalue weighted by Gasteiger charge is 2.11. The van der Waals surface area contributed by atoms with Crippen LogP contribution in [-0.2, 0) is 10.0 Å². The number of amides is 1. The van der Waals surface area contributed by atoms with E-state index in [1.54, 1.807) is 30.5 Å². The van der Waals surface area contributed by atoms with Gasteiger partial charge in [0.15, 0.2) is 0 Å². The molecule has 0 aliphatic carbocycles. The molecule has 0 aliphatic rings. The van der Waals surface area contributed by atoms with Gasteiger partial charge in [0.2, 0.25) is 10.0 Å². The fraction of sp³-hybridized carbons (Fsp3) is 0.0455. The lowest BCUT2D eigenvalue weighted by Gasteiger charge is -2.07. The molecule has 0 spiro atoms. The Kier molecular flexibility index (Phi) is 5.37. The number of nitrogens with zero attached hydrogens (tertiary/aromatic N) is 3. The maximum atomic E-state index is 12.5. The van der Waals surface area contributed by atoms with Gasteiger partial charge in [0.25, 0.3) is 5.91 Å². The molecule has 156 valence electrons. The third-order valence-corrected chi connectivity index (χ3v) is 5.55. The third-order valence-electron chi connectivity index (χ3n) is 4.62. The first-order valence-electron chi connectivity index (χ1n) is 9.34. The first kappa shape index (κ1) is 20.5. The summed E-state index contributed by atoms with van der Waals surface area (Å²) in [4.78, 5) is 12.5. The Morgan fingerprint density at radius 2 is 1.74 bits per heavy atom. The number of carbonyl (C=O) groups is 1. The standard InChI is InChI=1S/C22H19N5O3S/c1-15-4-2-6-17(12-15)22(28)24-18-7-3-5-16(13-18)21-14-27(26-25-21)19-8-10-20(11-9-19)31(23,29)30/h2-14H,1H3,(H,24,28)(H2,23,29,30). The Morgan fingerprint density at radius 1 is 1.00 bits per heavy atom. The average molecular weight is 433 g/mol. The van der Waals surface area contributed by atoms with E-state index in [0.29, 0.717) is 22.6 Å². The van der Waals surface area contributed by atoms with E-state index in [1.165, 1.54) is 16.8 Å². The van der Waals surface area contributed by atoms with Crippen LogP contribution in [-0.4, -0.2) is 29.3 Å². The topological polar surface area (TPSA) is 120 Å². The summed E-state index contributed by atoms with van der Waals surface area (Å²) in [7, 11) is -3.76. The van der Waals surface area contributed by atoms with Crippen molar-refractivity contribution < 1.29 is 13.2 Å². The molecule has 0 saturated carbocycles. The van der Waals surface area contributed by atoms with Crippen LogP contribution in [0, 0.1) is 6.92 Å². The smallest absolute Gasteiger partial charge is 0.255 e. The molecular formula is C22H19N5O3S. The molecule has 1 aromatic heterocycles. The van der Waals surface area contributed by atoms with Gasteiger partial charge < -0.3 is 5.32 Å². The lowest BCUT2D eigenvalue weighted by atomic mass is 10.1. The predicted octanol–water partition coefficient (Wildman–Crippen LogP) is 3.14. The summed E-state index contributed by atoms with van der Waals surface area (Å²) in [6, 6.07) is 20.7. The molecule has 8 nitrogen and oxygen atoms in total. The molecule has 3 aromatic carbocycles. The first-order valence-corrected chi connectivity index (χ1v) is 10.9. The Bertz CT molecular complexity index is 1360. The molecule has 0 bridgehead atoms. The first-order chi connectivity index (χ1) is 14.8. The summed E-state index contributed by atoms with van der Waals surface area (Å²) < 4.78 is 24.3. The molecule has 0 aliphatic heterocycles. The highest BCUT2D eigenvalue weighted by molar-refractivity contribution is 7.89. The number of nitrogens with one attached hydrogen (secondary N) is 1.